The minimum atomic E-state index is 0.224. The Morgan fingerprint density at radius 2 is 2.29 bits per heavy atom. The molecule has 1 aromatic heterocycles. The van der Waals surface area contributed by atoms with Gasteiger partial charge in [-0.1, -0.05) is 6.07 Å². The van der Waals surface area contributed by atoms with Gasteiger partial charge < -0.3 is 14.8 Å². The van der Waals surface area contributed by atoms with Crippen LogP contribution in [0.1, 0.15) is 30.3 Å². The lowest BCUT2D eigenvalue weighted by Gasteiger charge is -2.15. The maximum Gasteiger partial charge on any atom is 0.192 e. The number of aliphatic hydroxyl groups is 1. The van der Waals surface area contributed by atoms with Gasteiger partial charge in [-0.25, -0.2) is 4.98 Å². The van der Waals surface area contributed by atoms with Crippen LogP contribution in [-0.4, -0.2) is 23.7 Å². The summed E-state index contributed by atoms with van der Waals surface area (Å²) >= 11 is 0. The van der Waals surface area contributed by atoms with Gasteiger partial charge in [-0.05, 0) is 37.6 Å². The molecule has 4 nitrogen and oxygen atoms in total. The van der Waals surface area contributed by atoms with E-state index in [0.717, 1.165) is 23.9 Å². The molecule has 0 spiro atoms. The van der Waals surface area contributed by atoms with Crippen molar-refractivity contribution in [3.05, 3.63) is 29.7 Å². The molecule has 17 heavy (non-hydrogen) atoms. The highest BCUT2D eigenvalue weighted by Gasteiger charge is 2.11. The van der Waals surface area contributed by atoms with E-state index >= 15 is 0 Å². The first kappa shape index (κ1) is 12.1. The number of rotatable bonds is 5. The smallest absolute Gasteiger partial charge is 0.192 e. The number of benzene rings is 1. The van der Waals surface area contributed by atoms with Crippen molar-refractivity contribution in [2.75, 3.05) is 13.7 Å². The normalized spacial score (nSPS) is 13.1. The van der Waals surface area contributed by atoms with E-state index in [0.29, 0.717) is 5.89 Å². The van der Waals surface area contributed by atoms with Crippen molar-refractivity contribution in [3.8, 4) is 0 Å². The highest BCUT2D eigenvalue weighted by atomic mass is 16.3. The van der Waals surface area contributed by atoms with E-state index < -0.39 is 0 Å². The second-order valence-corrected chi connectivity index (χ2v) is 4.17. The fourth-order valence-corrected chi connectivity index (χ4v) is 2.05. The van der Waals surface area contributed by atoms with Gasteiger partial charge in [0.2, 0.25) is 0 Å². The Hall–Kier alpha value is -1.39. The number of hydrogen-bond acceptors (Lipinski definition) is 4. The molecule has 0 saturated heterocycles. The van der Waals surface area contributed by atoms with Gasteiger partial charge in [0.25, 0.3) is 0 Å². The standard InChI is InChI=1S/C13H18N2O2/c1-9-15-12-6-5-10(8-13(12)17-9)11(14-2)4-3-7-16/h5-6,8,11,14,16H,3-4,7H2,1-2H3. The summed E-state index contributed by atoms with van der Waals surface area (Å²) in [5, 5.41) is 12.1. The molecule has 1 atom stereocenters. The van der Waals surface area contributed by atoms with Crippen molar-refractivity contribution < 1.29 is 9.52 Å². The summed E-state index contributed by atoms with van der Waals surface area (Å²) in [4.78, 5) is 4.27. The number of oxazole rings is 1. The van der Waals surface area contributed by atoms with Crippen molar-refractivity contribution in [1.29, 1.82) is 0 Å². The fourth-order valence-electron chi connectivity index (χ4n) is 2.05. The Bertz CT molecular complexity index is 493. The predicted octanol–water partition coefficient (Wildman–Crippen LogP) is 2.17. The summed E-state index contributed by atoms with van der Waals surface area (Å²) in [5.74, 6) is 0.688. The molecule has 0 aliphatic rings. The van der Waals surface area contributed by atoms with Crippen LogP contribution in [0.5, 0.6) is 0 Å². The van der Waals surface area contributed by atoms with Crippen LogP contribution in [0.15, 0.2) is 22.6 Å². The molecule has 2 aromatic rings. The number of hydrogen-bond donors (Lipinski definition) is 2. The van der Waals surface area contributed by atoms with Crippen LogP contribution >= 0.6 is 0 Å². The number of nitrogens with one attached hydrogen (secondary N) is 1. The van der Waals surface area contributed by atoms with E-state index in [2.05, 4.69) is 16.4 Å². The summed E-state index contributed by atoms with van der Waals surface area (Å²) in [7, 11) is 1.93. The molecule has 1 unspecified atom stereocenters. The van der Waals surface area contributed by atoms with Crippen LogP contribution in [0, 0.1) is 6.92 Å². The molecule has 4 heteroatoms. The van der Waals surface area contributed by atoms with Gasteiger partial charge in [-0.3, -0.25) is 0 Å². The second-order valence-electron chi connectivity index (χ2n) is 4.17. The number of nitrogens with zero attached hydrogens (tertiary/aromatic N) is 1. The zero-order chi connectivity index (χ0) is 12.3. The van der Waals surface area contributed by atoms with Crippen molar-refractivity contribution in [3.63, 3.8) is 0 Å². The van der Waals surface area contributed by atoms with E-state index in [1.54, 1.807) is 0 Å². The Labute approximate surface area is 101 Å². The third-order valence-corrected chi connectivity index (χ3v) is 2.92. The number of aliphatic hydroxyl groups excluding tert-OH is 1. The van der Waals surface area contributed by atoms with Crippen molar-refractivity contribution in [2.45, 2.75) is 25.8 Å². The van der Waals surface area contributed by atoms with E-state index in [9.17, 15) is 0 Å². The summed E-state index contributed by atoms with van der Waals surface area (Å²) < 4.78 is 5.52. The van der Waals surface area contributed by atoms with Crippen LogP contribution < -0.4 is 5.32 Å². The van der Waals surface area contributed by atoms with E-state index in [1.807, 2.05) is 26.1 Å². The highest BCUT2D eigenvalue weighted by molar-refractivity contribution is 5.73. The van der Waals surface area contributed by atoms with Gasteiger partial charge in [0.15, 0.2) is 11.5 Å². The third kappa shape index (κ3) is 2.65. The molecule has 0 bridgehead atoms. The van der Waals surface area contributed by atoms with Crippen LogP contribution in [0.3, 0.4) is 0 Å². The summed E-state index contributed by atoms with van der Waals surface area (Å²) in [6.45, 7) is 2.07. The van der Waals surface area contributed by atoms with Crippen molar-refractivity contribution in [1.82, 2.24) is 10.3 Å². The molecular weight excluding hydrogens is 216 g/mol. The van der Waals surface area contributed by atoms with Crippen LogP contribution in [0.4, 0.5) is 0 Å². The molecule has 0 radical (unpaired) electrons. The quantitative estimate of drug-likeness (QED) is 0.832. The molecule has 1 heterocycles. The minimum absolute atomic E-state index is 0.224. The Kier molecular flexibility index (Phi) is 3.76. The Morgan fingerprint density at radius 3 is 3.00 bits per heavy atom. The molecule has 0 saturated carbocycles. The number of aryl methyl sites for hydroxylation is 1. The first-order valence-corrected chi connectivity index (χ1v) is 5.90. The summed E-state index contributed by atoms with van der Waals surface area (Å²) in [5.41, 5.74) is 2.89. The van der Waals surface area contributed by atoms with Gasteiger partial charge in [-0.15, -0.1) is 0 Å². The maximum absolute atomic E-state index is 8.88. The van der Waals surface area contributed by atoms with Gasteiger partial charge in [-0.2, -0.15) is 0 Å². The van der Waals surface area contributed by atoms with E-state index in [1.165, 1.54) is 5.56 Å². The summed E-state index contributed by atoms with van der Waals surface area (Å²) in [6.07, 6.45) is 1.70. The Balaban J connectivity index is 2.26. The molecule has 92 valence electrons. The first-order chi connectivity index (χ1) is 8.24. The predicted molar refractivity (Wildman–Crippen MR) is 66.9 cm³/mol. The van der Waals surface area contributed by atoms with Gasteiger partial charge in [0.1, 0.15) is 5.52 Å². The average molecular weight is 234 g/mol. The van der Waals surface area contributed by atoms with Crippen LogP contribution in [0.25, 0.3) is 11.1 Å². The SMILES string of the molecule is CNC(CCCO)c1ccc2nc(C)oc2c1. The molecular formula is C13H18N2O2. The van der Waals surface area contributed by atoms with E-state index in [4.69, 9.17) is 9.52 Å². The first-order valence-electron chi connectivity index (χ1n) is 5.90. The van der Waals surface area contributed by atoms with Crippen molar-refractivity contribution in [2.24, 2.45) is 0 Å². The van der Waals surface area contributed by atoms with Crippen LogP contribution in [0.2, 0.25) is 0 Å². The molecule has 0 aliphatic heterocycles. The highest BCUT2D eigenvalue weighted by Crippen LogP contribution is 2.23. The molecule has 1 aromatic carbocycles. The van der Waals surface area contributed by atoms with Crippen LogP contribution in [-0.2, 0) is 0 Å². The zero-order valence-corrected chi connectivity index (χ0v) is 10.2. The van der Waals surface area contributed by atoms with Gasteiger partial charge in [0, 0.05) is 19.6 Å². The molecule has 0 amide bonds. The van der Waals surface area contributed by atoms with Gasteiger partial charge >= 0.3 is 0 Å². The zero-order valence-electron chi connectivity index (χ0n) is 10.2. The molecule has 0 aliphatic carbocycles. The van der Waals surface area contributed by atoms with Crippen molar-refractivity contribution >= 4 is 11.1 Å². The molecule has 2 N–H and O–H groups in total. The second kappa shape index (κ2) is 5.29. The molecule has 2 rings (SSSR count). The number of fused-ring (bicyclic) bond motifs is 1. The lowest BCUT2D eigenvalue weighted by atomic mass is 10.0. The molecule has 0 fully saturated rings. The van der Waals surface area contributed by atoms with E-state index in [-0.39, 0.29) is 12.6 Å². The topological polar surface area (TPSA) is 58.3 Å². The Morgan fingerprint density at radius 1 is 1.47 bits per heavy atom. The van der Waals surface area contributed by atoms with Gasteiger partial charge in [0.05, 0.1) is 0 Å². The fraction of sp³-hybridized carbons (Fsp3) is 0.462. The lowest BCUT2D eigenvalue weighted by molar-refractivity contribution is 0.276. The maximum atomic E-state index is 8.88. The largest absolute Gasteiger partial charge is 0.441 e. The number of aromatic nitrogens is 1. The monoisotopic (exact) mass is 234 g/mol. The lowest BCUT2D eigenvalue weighted by Crippen LogP contribution is -2.16. The summed E-state index contributed by atoms with van der Waals surface area (Å²) in [6, 6.07) is 6.30. The minimum Gasteiger partial charge on any atom is -0.441 e. The third-order valence-electron chi connectivity index (χ3n) is 2.92. The average Bonchev–Trinajstić information content (AvgIpc) is 2.69.